The largest absolute Gasteiger partial charge is 0.383 e. The van der Waals surface area contributed by atoms with E-state index in [0.29, 0.717) is 5.56 Å². The smallest absolute Gasteiger partial charge is 0.142 e. The Morgan fingerprint density at radius 2 is 1.41 bits per heavy atom. The zero-order chi connectivity index (χ0) is 19.8. The van der Waals surface area contributed by atoms with Gasteiger partial charge in [-0.1, -0.05) is 78.9 Å². The van der Waals surface area contributed by atoms with E-state index in [0.717, 1.165) is 38.5 Å². The Balaban J connectivity index is 1.77. The summed E-state index contributed by atoms with van der Waals surface area (Å²) in [5.41, 5.74) is 10.2. The number of pyridine rings is 1. The van der Waals surface area contributed by atoms with Crippen LogP contribution in [0.5, 0.6) is 0 Å². The van der Waals surface area contributed by atoms with Crippen molar-refractivity contribution in [3.8, 4) is 28.5 Å². The van der Waals surface area contributed by atoms with Crippen LogP contribution >= 0.6 is 0 Å². The van der Waals surface area contributed by atoms with E-state index in [4.69, 9.17) is 5.73 Å². The lowest BCUT2D eigenvalue weighted by Crippen LogP contribution is -2.00. The molecule has 0 fully saturated rings. The molecule has 0 unspecified atom stereocenters. The van der Waals surface area contributed by atoms with Crippen molar-refractivity contribution in [1.82, 2.24) is 4.98 Å². The molecule has 0 radical (unpaired) electrons. The third-order valence-electron chi connectivity index (χ3n) is 5.28. The number of anilines is 1. The molecule has 3 heteroatoms. The Morgan fingerprint density at radius 1 is 0.690 bits per heavy atom. The molecule has 0 aliphatic carbocycles. The quantitative estimate of drug-likeness (QED) is 0.403. The Bertz CT molecular complexity index is 1420. The van der Waals surface area contributed by atoms with E-state index >= 15 is 0 Å². The lowest BCUT2D eigenvalue weighted by Gasteiger charge is -2.13. The average molecular weight is 371 g/mol. The lowest BCUT2D eigenvalue weighted by molar-refractivity contribution is 1.31. The number of aromatic nitrogens is 1. The van der Waals surface area contributed by atoms with Crippen molar-refractivity contribution in [3.05, 3.63) is 96.6 Å². The zero-order valence-electron chi connectivity index (χ0n) is 15.6. The molecule has 5 aromatic rings. The third-order valence-corrected chi connectivity index (χ3v) is 5.28. The minimum absolute atomic E-state index is 0.251. The van der Waals surface area contributed by atoms with Gasteiger partial charge in [0.15, 0.2) is 0 Å². The number of nitrogens with zero attached hydrogens (tertiary/aromatic N) is 2. The summed E-state index contributed by atoms with van der Waals surface area (Å²) in [5, 5.41) is 14.3. The molecule has 3 nitrogen and oxygen atoms in total. The summed E-state index contributed by atoms with van der Waals surface area (Å²) in [4.78, 5) is 4.54. The monoisotopic (exact) mass is 371 g/mol. The molecule has 0 saturated carbocycles. The molecule has 4 aromatic carbocycles. The van der Waals surface area contributed by atoms with Gasteiger partial charge in [-0.3, -0.25) is 0 Å². The topological polar surface area (TPSA) is 62.7 Å². The standard InChI is InChI=1S/C26H17N3/c27-16-24-23(22-11-5-9-18-7-3-4-10-21(18)22)15-25(29-26(24)28)20-13-12-17-6-1-2-8-19(17)14-20/h1-15H,(H2,28,29). The number of nitrogen functional groups attached to an aromatic ring is 1. The molecule has 0 saturated heterocycles. The summed E-state index contributed by atoms with van der Waals surface area (Å²) >= 11 is 0. The molecule has 136 valence electrons. The fourth-order valence-electron chi connectivity index (χ4n) is 3.85. The zero-order valence-corrected chi connectivity index (χ0v) is 15.6. The predicted octanol–water partition coefficient (Wildman–Crippen LogP) is 6.18. The van der Waals surface area contributed by atoms with E-state index in [1.165, 1.54) is 5.39 Å². The maximum atomic E-state index is 9.77. The van der Waals surface area contributed by atoms with Crippen LogP contribution in [0.3, 0.4) is 0 Å². The number of nitrogens with two attached hydrogens (primary N) is 1. The van der Waals surface area contributed by atoms with E-state index in [-0.39, 0.29) is 5.82 Å². The predicted molar refractivity (Wildman–Crippen MR) is 119 cm³/mol. The highest BCUT2D eigenvalue weighted by Gasteiger charge is 2.15. The van der Waals surface area contributed by atoms with Gasteiger partial charge in [0.25, 0.3) is 0 Å². The lowest BCUT2D eigenvalue weighted by atomic mass is 9.94. The van der Waals surface area contributed by atoms with Crippen molar-refractivity contribution in [2.75, 3.05) is 5.73 Å². The molecule has 1 heterocycles. The highest BCUT2D eigenvalue weighted by atomic mass is 14.8. The van der Waals surface area contributed by atoms with E-state index in [9.17, 15) is 5.26 Å². The van der Waals surface area contributed by atoms with Gasteiger partial charge in [-0.2, -0.15) is 5.26 Å². The van der Waals surface area contributed by atoms with Gasteiger partial charge in [0.2, 0.25) is 0 Å². The van der Waals surface area contributed by atoms with Gasteiger partial charge in [0, 0.05) is 11.1 Å². The first-order chi connectivity index (χ1) is 14.2. The van der Waals surface area contributed by atoms with Gasteiger partial charge in [-0.05, 0) is 39.2 Å². The summed E-state index contributed by atoms with van der Waals surface area (Å²) in [6.45, 7) is 0. The molecule has 0 bridgehead atoms. The Morgan fingerprint density at radius 3 is 2.24 bits per heavy atom. The fourth-order valence-corrected chi connectivity index (χ4v) is 3.85. The van der Waals surface area contributed by atoms with Crippen molar-refractivity contribution >= 4 is 27.4 Å². The van der Waals surface area contributed by atoms with Crippen LogP contribution in [0.4, 0.5) is 5.82 Å². The van der Waals surface area contributed by atoms with Gasteiger partial charge in [0.1, 0.15) is 17.5 Å². The summed E-state index contributed by atoms with van der Waals surface area (Å²) in [7, 11) is 0. The second-order valence-corrected chi connectivity index (χ2v) is 7.02. The maximum absolute atomic E-state index is 9.77. The molecule has 2 N–H and O–H groups in total. The van der Waals surface area contributed by atoms with Gasteiger partial charge >= 0.3 is 0 Å². The van der Waals surface area contributed by atoms with Gasteiger partial charge in [-0.25, -0.2) is 4.98 Å². The van der Waals surface area contributed by atoms with Crippen molar-refractivity contribution < 1.29 is 0 Å². The summed E-state index contributed by atoms with van der Waals surface area (Å²) < 4.78 is 0. The second kappa shape index (κ2) is 6.78. The third kappa shape index (κ3) is 2.88. The van der Waals surface area contributed by atoms with Crippen LogP contribution in [0.2, 0.25) is 0 Å². The first-order valence-corrected chi connectivity index (χ1v) is 9.42. The first kappa shape index (κ1) is 17.0. The van der Waals surface area contributed by atoms with Crippen molar-refractivity contribution in [2.45, 2.75) is 0 Å². The highest BCUT2D eigenvalue weighted by molar-refractivity contribution is 5.99. The van der Waals surface area contributed by atoms with Crippen molar-refractivity contribution in [1.29, 1.82) is 5.26 Å². The Hall–Kier alpha value is -4.16. The molecular formula is C26H17N3. The van der Waals surface area contributed by atoms with E-state index in [2.05, 4.69) is 53.5 Å². The molecule has 0 aliphatic rings. The number of rotatable bonds is 2. The SMILES string of the molecule is N#Cc1c(-c2cccc3ccccc23)cc(-c2ccc3ccccc3c2)nc1N. The average Bonchev–Trinajstić information content (AvgIpc) is 2.78. The van der Waals surface area contributed by atoms with Crippen LogP contribution in [-0.2, 0) is 0 Å². The highest BCUT2D eigenvalue weighted by Crippen LogP contribution is 2.35. The molecule has 0 amide bonds. The summed E-state index contributed by atoms with van der Waals surface area (Å²) in [5.74, 6) is 0.251. The molecular weight excluding hydrogens is 354 g/mol. The molecule has 1 aromatic heterocycles. The van der Waals surface area contributed by atoms with Crippen LogP contribution in [-0.4, -0.2) is 4.98 Å². The van der Waals surface area contributed by atoms with Crippen LogP contribution < -0.4 is 5.73 Å². The van der Waals surface area contributed by atoms with E-state index < -0.39 is 0 Å². The normalized spacial score (nSPS) is 10.9. The van der Waals surface area contributed by atoms with Gasteiger partial charge in [0.05, 0.1) is 5.69 Å². The number of hydrogen-bond donors (Lipinski definition) is 1. The van der Waals surface area contributed by atoms with E-state index in [1.54, 1.807) is 0 Å². The number of nitriles is 1. The van der Waals surface area contributed by atoms with Crippen molar-refractivity contribution in [2.24, 2.45) is 0 Å². The first-order valence-electron chi connectivity index (χ1n) is 9.42. The van der Waals surface area contributed by atoms with Crippen molar-refractivity contribution in [3.63, 3.8) is 0 Å². The molecule has 0 spiro atoms. The summed E-state index contributed by atoms with van der Waals surface area (Å²) in [6, 6.07) is 32.9. The second-order valence-electron chi connectivity index (χ2n) is 7.02. The van der Waals surface area contributed by atoms with Crippen LogP contribution in [0, 0.1) is 11.3 Å². The Labute approximate surface area is 168 Å². The number of fused-ring (bicyclic) bond motifs is 2. The van der Waals surface area contributed by atoms with E-state index in [1.807, 2.05) is 48.5 Å². The Kier molecular flexibility index (Phi) is 3.97. The minimum Gasteiger partial charge on any atom is -0.383 e. The maximum Gasteiger partial charge on any atom is 0.142 e. The van der Waals surface area contributed by atoms with Crippen LogP contribution in [0.25, 0.3) is 43.9 Å². The minimum atomic E-state index is 0.251. The summed E-state index contributed by atoms with van der Waals surface area (Å²) in [6.07, 6.45) is 0. The number of hydrogen-bond acceptors (Lipinski definition) is 3. The van der Waals surface area contributed by atoms with Gasteiger partial charge in [-0.15, -0.1) is 0 Å². The number of benzene rings is 4. The fraction of sp³-hybridized carbons (Fsp3) is 0. The van der Waals surface area contributed by atoms with Gasteiger partial charge < -0.3 is 5.73 Å². The molecule has 29 heavy (non-hydrogen) atoms. The van der Waals surface area contributed by atoms with Crippen LogP contribution in [0.15, 0.2) is 91.0 Å². The molecule has 0 atom stereocenters. The molecule has 5 rings (SSSR count). The molecule has 0 aliphatic heterocycles. The van der Waals surface area contributed by atoms with Crippen LogP contribution in [0.1, 0.15) is 5.56 Å².